The normalized spacial score (nSPS) is 11.8. The van der Waals surface area contributed by atoms with Crippen LogP contribution in [0.2, 0.25) is 0 Å². The molecule has 0 saturated heterocycles. The quantitative estimate of drug-likeness (QED) is 0.805. The Morgan fingerprint density at radius 2 is 1.90 bits per heavy atom. The number of ketones is 1. The van der Waals surface area contributed by atoms with E-state index in [2.05, 4.69) is 5.32 Å². The average molecular weight is 299 g/mol. The number of rotatable bonds is 7. The molecule has 2 N–H and O–H groups in total. The number of Topliss-reactive ketones (excluding diaryl/α,β-unsaturated/α-hetero) is 1. The smallest absolute Gasteiger partial charge is 0.326 e. The summed E-state index contributed by atoms with van der Waals surface area (Å²) in [5, 5.41) is 11.2. The molecule has 0 aliphatic heterocycles. The van der Waals surface area contributed by atoms with Crippen LogP contribution in [0.15, 0.2) is 18.2 Å². The summed E-state index contributed by atoms with van der Waals surface area (Å²) in [5.74, 6) is -4.56. The molecule has 1 aromatic carbocycles. The first kappa shape index (κ1) is 16.7. The molecule has 1 rings (SSSR count). The van der Waals surface area contributed by atoms with Gasteiger partial charge >= 0.3 is 5.97 Å². The molecule has 0 aliphatic carbocycles. The minimum Gasteiger partial charge on any atom is -0.480 e. The molecule has 0 heterocycles. The molecule has 0 bridgehead atoms. The molecule has 7 heteroatoms. The van der Waals surface area contributed by atoms with E-state index in [0.29, 0.717) is 6.07 Å². The summed E-state index contributed by atoms with van der Waals surface area (Å²) in [6, 6.07) is 1.24. The number of carboxylic acids is 1. The molecule has 0 spiro atoms. The Hall–Kier alpha value is -2.31. The number of aliphatic carboxylic acids is 1. The maximum Gasteiger partial charge on any atom is 0.326 e. The van der Waals surface area contributed by atoms with Crippen molar-refractivity contribution in [2.75, 3.05) is 0 Å². The molecular formula is C14H15F2NO4. The van der Waals surface area contributed by atoms with Crippen LogP contribution in [-0.4, -0.2) is 28.8 Å². The van der Waals surface area contributed by atoms with Crippen molar-refractivity contribution in [1.29, 1.82) is 0 Å². The summed E-state index contributed by atoms with van der Waals surface area (Å²) < 4.78 is 25.8. The second-order valence-corrected chi connectivity index (χ2v) is 4.42. The van der Waals surface area contributed by atoms with E-state index in [9.17, 15) is 23.2 Å². The van der Waals surface area contributed by atoms with Gasteiger partial charge in [-0.1, -0.05) is 6.92 Å². The van der Waals surface area contributed by atoms with E-state index in [1.54, 1.807) is 6.92 Å². The number of hydrogen-bond acceptors (Lipinski definition) is 3. The van der Waals surface area contributed by atoms with Gasteiger partial charge in [0.2, 0.25) is 0 Å². The Morgan fingerprint density at radius 3 is 2.43 bits per heavy atom. The van der Waals surface area contributed by atoms with Crippen LogP contribution >= 0.6 is 0 Å². The molecule has 0 saturated carbocycles. The third kappa shape index (κ3) is 4.94. The molecule has 21 heavy (non-hydrogen) atoms. The van der Waals surface area contributed by atoms with Gasteiger partial charge in [0.05, 0.1) is 0 Å². The van der Waals surface area contributed by atoms with Crippen LogP contribution in [0.4, 0.5) is 8.78 Å². The fraction of sp³-hybridized carbons (Fsp3) is 0.357. The molecule has 1 amide bonds. The third-order valence-corrected chi connectivity index (χ3v) is 2.89. The van der Waals surface area contributed by atoms with E-state index in [-0.39, 0.29) is 30.6 Å². The fourth-order valence-electron chi connectivity index (χ4n) is 1.62. The van der Waals surface area contributed by atoms with Crippen molar-refractivity contribution in [1.82, 2.24) is 5.32 Å². The van der Waals surface area contributed by atoms with Crippen molar-refractivity contribution in [2.45, 2.75) is 32.2 Å². The molecule has 0 fully saturated rings. The van der Waals surface area contributed by atoms with Gasteiger partial charge in [-0.15, -0.1) is 0 Å². The summed E-state index contributed by atoms with van der Waals surface area (Å²) in [5.41, 5.74) is -0.193. The molecule has 114 valence electrons. The van der Waals surface area contributed by atoms with Gasteiger partial charge in [0, 0.05) is 18.4 Å². The van der Waals surface area contributed by atoms with E-state index < -0.39 is 29.6 Å². The van der Waals surface area contributed by atoms with Gasteiger partial charge in [-0.3, -0.25) is 9.59 Å². The van der Waals surface area contributed by atoms with Gasteiger partial charge in [0.15, 0.2) is 11.6 Å². The highest BCUT2D eigenvalue weighted by Crippen LogP contribution is 2.09. The SMILES string of the molecule is CCC(=O)CC[C@H](NC(=O)c1ccc(F)c(F)c1)C(=O)O. The van der Waals surface area contributed by atoms with Crippen LogP contribution in [-0.2, 0) is 9.59 Å². The second kappa shape index (κ2) is 7.47. The fourth-order valence-corrected chi connectivity index (χ4v) is 1.62. The van der Waals surface area contributed by atoms with Gasteiger partial charge in [-0.05, 0) is 24.6 Å². The predicted octanol–water partition coefficient (Wildman–Crippen LogP) is 1.91. The van der Waals surface area contributed by atoms with Crippen molar-refractivity contribution in [2.24, 2.45) is 0 Å². The third-order valence-electron chi connectivity index (χ3n) is 2.89. The maximum absolute atomic E-state index is 13.0. The number of halogens is 2. The Morgan fingerprint density at radius 1 is 1.24 bits per heavy atom. The highest BCUT2D eigenvalue weighted by atomic mass is 19.2. The molecule has 0 unspecified atom stereocenters. The second-order valence-electron chi connectivity index (χ2n) is 4.42. The molecule has 1 aromatic rings. The van der Waals surface area contributed by atoms with Crippen LogP contribution in [0, 0.1) is 11.6 Å². The van der Waals surface area contributed by atoms with Gasteiger partial charge in [-0.2, -0.15) is 0 Å². The number of hydrogen-bond donors (Lipinski definition) is 2. The van der Waals surface area contributed by atoms with E-state index >= 15 is 0 Å². The summed E-state index contributed by atoms with van der Waals surface area (Å²) in [6.45, 7) is 1.65. The zero-order valence-corrected chi connectivity index (χ0v) is 11.4. The number of carbonyl (C=O) groups excluding carboxylic acids is 2. The highest BCUT2D eigenvalue weighted by molar-refractivity contribution is 5.96. The lowest BCUT2D eigenvalue weighted by Gasteiger charge is -2.14. The van der Waals surface area contributed by atoms with E-state index in [1.165, 1.54) is 0 Å². The first-order chi connectivity index (χ1) is 9.85. The monoisotopic (exact) mass is 299 g/mol. The highest BCUT2D eigenvalue weighted by Gasteiger charge is 2.21. The lowest BCUT2D eigenvalue weighted by molar-refractivity contribution is -0.139. The standard InChI is InChI=1S/C14H15F2NO4/c1-2-9(18)4-6-12(14(20)21)17-13(19)8-3-5-10(15)11(16)7-8/h3,5,7,12H,2,4,6H2,1H3,(H,17,19)(H,20,21)/t12-/m0/s1. The first-order valence-corrected chi connectivity index (χ1v) is 6.35. The molecule has 0 radical (unpaired) electrons. The van der Waals surface area contributed by atoms with E-state index in [4.69, 9.17) is 5.11 Å². The summed E-state index contributed by atoms with van der Waals surface area (Å²) >= 11 is 0. The van der Waals surface area contributed by atoms with Crippen molar-refractivity contribution < 1.29 is 28.3 Å². The Bertz CT molecular complexity index is 560. The van der Waals surface area contributed by atoms with Crippen molar-refractivity contribution in [3.05, 3.63) is 35.4 Å². The first-order valence-electron chi connectivity index (χ1n) is 6.35. The average Bonchev–Trinajstić information content (AvgIpc) is 2.45. The maximum atomic E-state index is 13.0. The van der Waals surface area contributed by atoms with Gasteiger partial charge in [0.1, 0.15) is 11.8 Å². The van der Waals surface area contributed by atoms with Crippen molar-refractivity contribution in [3.8, 4) is 0 Å². The number of benzene rings is 1. The summed E-state index contributed by atoms with van der Waals surface area (Å²) in [6.07, 6.45) is 0.242. The molecule has 0 aromatic heterocycles. The lowest BCUT2D eigenvalue weighted by Crippen LogP contribution is -2.41. The minimum absolute atomic E-state index is 0.0194. The van der Waals surface area contributed by atoms with Crippen LogP contribution in [0.3, 0.4) is 0 Å². The van der Waals surface area contributed by atoms with Gasteiger partial charge in [0.25, 0.3) is 5.91 Å². The molecule has 5 nitrogen and oxygen atoms in total. The lowest BCUT2D eigenvalue weighted by atomic mass is 10.1. The summed E-state index contributed by atoms with van der Waals surface area (Å²) in [7, 11) is 0. The molecule has 1 atom stereocenters. The van der Waals surface area contributed by atoms with Crippen LogP contribution in [0.25, 0.3) is 0 Å². The zero-order valence-electron chi connectivity index (χ0n) is 11.4. The van der Waals surface area contributed by atoms with E-state index in [1.807, 2.05) is 0 Å². The van der Waals surface area contributed by atoms with Crippen molar-refractivity contribution >= 4 is 17.7 Å². The van der Waals surface area contributed by atoms with E-state index in [0.717, 1.165) is 12.1 Å². The Labute approximate surface area is 120 Å². The van der Waals surface area contributed by atoms with Crippen LogP contribution < -0.4 is 5.32 Å². The summed E-state index contributed by atoms with van der Waals surface area (Å²) in [4.78, 5) is 34.0. The van der Waals surface area contributed by atoms with Crippen LogP contribution in [0.1, 0.15) is 36.5 Å². The molecular weight excluding hydrogens is 284 g/mol. The Balaban J connectivity index is 2.74. The largest absolute Gasteiger partial charge is 0.480 e. The Kier molecular flexibility index (Phi) is 5.95. The number of nitrogens with one attached hydrogen (secondary N) is 1. The van der Waals surface area contributed by atoms with Crippen molar-refractivity contribution in [3.63, 3.8) is 0 Å². The number of carboxylic acid groups (broad SMARTS) is 1. The predicted molar refractivity (Wildman–Crippen MR) is 69.8 cm³/mol. The number of amides is 1. The van der Waals surface area contributed by atoms with Crippen LogP contribution in [0.5, 0.6) is 0 Å². The topological polar surface area (TPSA) is 83.5 Å². The number of carbonyl (C=O) groups is 3. The minimum atomic E-state index is -1.30. The molecule has 0 aliphatic rings. The van der Waals surface area contributed by atoms with Gasteiger partial charge < -0.3 is 10.4 Å². The van der Waals surface area contributed by atoms with Gasteiger partial charge in [-0.25, -0.2) is 13.6 Å². The zero-order chi connectivity index (χ0) is 16.0.